The molecule has 1 heterocycles. The molecule has 6 heteroatoms. The first-order valence-corrected chi connectivity index (χ1v) is 8.38. The summed E-state index contributed by atoms with van der Waals surface area (Å²) in [7, 11) is 0. The number of aromatic amines is 1. The number of allylic oxidation sites excluding steroid dienone is 1. The van der Waals surface area contributed by atoms with Crippen molar-refractivity contribution >= 4 is 34.1 Å². The van der Waals surface area contributed by atoms with Gasteiger partial charge in [0.2, 0.25) is 0 Å². The van der Waals surface area contributed by atoms with E-state index in [1.54, 1.807) is 6.07 Å². The van der Waals surface area contributed by atoms with Gasteiger partial charge in [-0.1, -0.05) is 60.7 Å². The summed E-state index contributed by atoms with van der Waals surface area (Å²) >= 11 is 3.40. The van der Waals surface area contributed by atoms with Gasteiger partial charge in [0.15, 0.2) is 0 Å². The Morgan fingerprint density at radius 3 is 2.48 bits per heavy atom. The number of carbonyl (C=O) groups excluding carboxylic acids is 1. The molecule has 0 saturated heterocycles. The van der Waals surface area contributed by atoms with Gasteiger partial charge >= 0.3 is 0 Å². The van der Waals surface area contributed by atoms with Crippen molar-refractivity contribution in [1.82, 2.24) is 15.6 Å². The van der Waals surface area contributed by atoms with Gasteiger partial charge in [-0.15, -0.1) is 0 Å². The third kappa shape index (κ3) is 4.74. The molecule has 1 amide bonds. The molecule has 124 valence electrons. The van der Waals surface area contributed by atoms with Crippen molar-refractivity contribution in [2.45, 2.75) is 0 Å². The van der Waals surface area contributed by atoms with Gasteiger partial charge in [0.05, 0.1) is 11.9 Å². The normalized spacial score (nSPS) is 11.6. The minimum absolute atomic E-state index is 0.346. The summed E-state index contributed by atoms with van der Waals surface area (Å²) in [5, 5.41) is 10.8. The summed E-state index contributed by atoms with van der Waals surface area (Å²) in [6.45, 7) is 0. The van der Waals surface area contributed by atoms with Crippen LogP contribution in [0, 0.1) is 0 Å². The van der Waals surface area contributed by atoms with Crippen LogP contribution < -0.4 is 5.43 Å². The van der Waals surface area contributed by atoms with Crippen LogP contribution in [-0.2, 0) is 0 Å². The first kappa shape index (κ1) is 16.9. The van der Waals surface area contributed by atoms with E-state index in [9.17, 15) is 4.79 Å². The predicted octanol–water partition coefficient (Wildman–Crippen LogP) is 4.23. The van der Waals surface area contributed by atoms with Crippen LogP contribution in [0.1, 0.15) is 16.1 Å². The van der Waals surface area contributed by atoms with Gasteiger partial charge in [0.25, 0.3) is 5.91 Å². The third-order valence-corrected chi connectivity index (χ3v) is 3.78. The van der Waals surface area contributed by atoms with Gasteiger partial charge < -0.3 is 0 Å². The number of hydrazone groups is 1. The Balaban J connectivity index is 1.61. The number of H-pyrrole nitrogens is 1. The van der Waals surface area contributed by atoms with E-state index in [1.807, 2.05) is 66.7 Å². The van der Waals surface area contributed by atoms with E-state index in [0.717, 1.165) is 15.6 Å². The molecule has 25 heavy (non-hydrogen) atoms. The zero-order valence-corrected chi connectivity index (χ0v) is 14.8. The molecule has 0 bridgehead atoms. The Morgan fingerprint density at radius 1 is 1.08 bits per heavy atom. The van der Waals surface area contributed by atoms with Crippen molar-refractivity contribution in [2.24, 2.45) is 5.10 Å². The summed E-state index contributed by atoms with van der Waals surface area (Å²) in [5.74, 6) is -0.356. The SMILES string of the molecule is O=C(NN=C/C(Br)=C\c1ccccc1)c1cc(-c2ccccc2)n[nH]1. The van der Waals surface area contributed by atoms with Gasteiger partial charge in [-0.2, -0.15) is 10.2 Å². The van der Waals surface area contributed by atoms with E-state index in [4.69, 9.17) is 0 Å². The van der Waals surface area contributed by atoms with Gasteiger partial charge in [-0.05, 0) is 33.6 Å². The third-order valence-electron chi connectivity index (χ3n) is 3.35. The predicted molar refractivity (Wildman–Crippen MR) is 103 cm³/mol. The van der Waals surface area contributed by atoms with Crippen molar-refractivity contribution in [2.75, 3.05) is 0 Å². The lowest BCUT2D eigenvalue weighted by molar-refractivity contribution is 0.0950. The zero-order chi connectivity index (χ0) is 17.5. The van der Waals surface area contributed by atoms with Crippen LogP contribution >= 0.6 is 15.9 Å². The highest BCUT2D eigenvalue weighted by molar-refractivity contribution is 9.12. The molecule has 0 unspecified atom stereocenters. The van der Waals surface area contributed by atoms with Gasteiger partial charge in [-0.3, -0.25) is 9.89 Å². The highest BCUT2D eigenvalue weighted by Crippen LogP contribution is 2.16. The molecule has 0 radical (unpaired) electrons. The average Bonchev–Trinajstić information content (AvgIpc) is 3.13. The lowest BCUT2D eigenvalue weighted by Gasteiger charge is -1.96. The topological polar surface area (TPSA) is 70.1 Å². The Kier molecular flexibility index (Phi) is 5.53. The minimum Gasteiger partial charge on any atom is -0.272 e. The van der Waals surface area contributed by atoms with Crippen molar-refractivity contribution in [1.29, 1.82) is 0 Å². The van der Waals surface area contributed by atoms with E-state index in [2.05, 4.69) is 36.7 Å². The summed E-state index contributed by atoms with van der Waals surface area (Å²) < 4.78 is 0.744. The largest absolute Gasteiger partial charge is 0.289 e. The van der Waals surface area contributed by atoms with Crippen molar-refractivity contribution < 1.29 is 4.79 Å². The molecule has 2 N–H and O–H groups in total. The molecular formula is C19H15BrN4O. The molecule has 0 atom stereocenters. The quantitative estimate of drug-likeness (QED) is 0.502. The van der Waals surface area contributed by atoms with E-state index in [1.165, 1.54) is 6.21 Å². The number of carbonyl (C=O) groups is 1. The van der Waals surface area contributed by atoms with Crippen LogP contribution in [-0.4, -0.2) is 22.3 Å². The monoisotopic (exact) mass is 394 g/mol. The number of aromatic nitrogens is 2. The highest BCUT2D eigenvalue weighted by atomic mass is 79.9. The van der Waals surface area contributed by atoms with Gasteiger partial charge in [0.1, 0.15) is 5.69 Å². The van der Waals surface area contributed by atoms with Crippen molar-refractivity contribution in [3.8, 4) is 11.3 Å². The van der Waals surface area contributed by atoms with E-state index >= 15 is 0 Å². The number of rotatable bonds is 5. The van der Waals surface area contributed by atoms with E-state index in [-0.39, 0.29) is 5.91 Å². The molecule has 0 saturated carbocycles. The standard InChI is InChI=1S/C19H15BrN4O/c20-16(11-14-7-3-1-4-8-14)13-21-24-19(25)18-12-17(22-23-18)15-9-5-2-6-10-15/h1-13H,(H,22,23)(H,24,25)/b16-11+,21-13?. The lowest BCUT2D eigenvalue weighted by atomic mass is 10.1. The maximum Gasteiger partial charge on any atom is 0.289 e. The van der Waals surface area contributed by atoms with Gasteiger partial charge in [0, 0.05) is 10.0 Å². The molecule has 0 spiro atoms. The smallest absolute Gasteiger partial charge is 0.272 e. The Bertz CT molecular complexity index is 901. The molecule has 0 aliphatic carbocycles. The first-order valence-electron chi connectivity index (χ1n) is 7.59. The van der Waals surface area contributed by atoms with Crippen LogP contribution in [0.15, 0.2) is 76.3 Å². The van der Waals surface area contributed by atoms with Gasteiger partial charge in [-0.25, -0.2) is 5.43 Å². The van der Waals surface area contributed by atoms with E-state index in [0.29, 0.717) is 11.4 Å². The molecule has 3 rings (SSSR count). The maximum atomic E-state index is 12.1. The number of hydrogen-bond acceptors (Lipinski definition) is 3. The average molecular weight is 395 g/mol. The van der Waals surface area contributed by atoms with Crippen LogP contribution in [0.2, 0.25) is 0 Å². The highest BCUT2D eigenvalue weighted by Gasteiger charge is 2.09. The lowest BCUT2D eigenvalue weighted by Crippen LogP contribution is -2.17. The summed E-state index contributed by atoms with van der Waals surface area (Å²) in [5.41, 5.74) is 5.50. The molecule has 0 aliphatic rings. The summed E-state index contributed by atoms with van der Waals surface area (Å²) in [6.07, 6.45) is 3.43. The number of nitrogens with zero attached hydrogens (tertiary/aromatic N) is 2. The number of benzene rings is 2. The molecule has 0 fully saturated rings. The molecule has 5 nitrogen and oxygen atoms in total. The second-order valence-corrected chi connectivity index (χ2v) is 6.09. The first-order chi connectivity index (χ1) is 12.2. The Labute approximate surface area is 153 Å². The van der Waals surface area contributed by atoms with Crippen LogP contribution in [0.3, 0.4) is 0 Å². The van der Waals surface area contributed by atoms with Crippen LogP contribution in [0.25, 0.3) is 17.3 Å². The number of amides is 1. The molecule has 0 aliphatic heterocycles. The second-order valence-electron chi connectivity index (χ2n) is 5.17. The fourth-order valence-electron chi connectivity index (χ4n) is 2.15. The number of halogens is 1. The van der Waals surface area contributed by atoms with E-state index < -0.39 is 0 Å². The van der Waals surface area contributed by atoms with Crippen LogP contribution in [0.5, 0.6) is 0 Å². The Morgan fingerprint density at radius 2 is 1.76 bits per heavy atom. The summed E-state index contributed by atoms with van der Waals surface area (Å²) in [4.78, 5) is 12.1. The van der Waals surface area contributed by atoms with Crippen molar-refractivity contribution in [3.05, 3.63) is 82.5 Å². The molecule has 2 aromatic carbocycles. The molecule has 3 aromatic rings. The van der Waals surface area contributed by atoms with Crippen molar-refractivity contribution in [3.63, 3.8) is 0 Å². The molecule has 1 aromatic heterocycles. The fraction of sp³-hybridized carbons (Fsp3) is 0. The fourth-order valence-corrected chi connectivity index (χ4v) is 2.52. The number of nitrogens with one attached hydrogen (secondary N) is 2. The maximum absolute atomic E-state index is 12.1. The summed E-state index contributed by atoms with van der Waals surface area (Å²) in [6, 6.07) is 21.1. The number of hydrogen-bond donors (Lipinski definition) is 2. The zero-order valence-electron chi connectivity index (χ0n) is 13.2. The second kappa shape index (κ2) is 8.21. The molecular weight excluding hydrogens is 380 g/mol. The van der Waals surface area contributed by atoms with Crippen LogP contribution in [0.4, 0.5) is 0 Å². The Hall–Kier alpha value is -2.99. The minimum atomic E-state index is -0.356.